The molecule has 2 aliphatic rings. The summed E-state index contributed by atoms with van der Waals surface area (Å²) in [7, 11) is 3.52. The fraction of sp³-hybridized carbons (Fsp3) is 0.667. The van der Waals surface area contributed by atoms with Gasteiger partial charge in [0, 0.05) is 58.8 Å². The Morgan fingerprint density at radius 1 is 1.12 bits per heavy atom. The zero-order valence-electron chi connectivity index (χ0n) is 19.9. The molecule has 0 radical (unpaired) electrons. The van der Waals surface area contributed by atoms with Gasteiger partial charge in [0.05, 0.1) is 7.11 Å². The van der Waals surface area contributed by atoms with Crippen molar-refractivity contribution in [2.45, 2.75) is 39.0 Å². The standard InChI is InChI=1S/C24H39N5O2.HI/c1-19-8-9-20(18-22(19)31-3)10-11-26-24(25-2)27-12-13-28-14-16-29(17-15-28)23(30)21-6-4-5-7-21;/h8-9,18,21H,4-7,10-17H2,1-3H3,(H2,25,26,27);1H. The van der Waals surface area contributed by atoms with Crippen molar-refractivity contribution in [2.75, 3.05) is 60.0 Å². The number of nitrogens with one attached hydrogen (secondary N) is 2. The van der Waals surface area contributed by atoms with Crippen LogP contribution in [-0.4, -0.2) is 81.6 Å². The Balaban J connectivity index is 0.00000363. The minimum absolute atomic E-state index is 0. The van der Waals surface area contributed by atoms with Gasteiger partial charge in [0.25, 0.3) is 0 Å². The summed E-state index contributed by atoms with van der Waals surface area (Å²) in [6, 6.07) is 6.35. The number of nitrogens with zero attached hydrogens (tertiary/aromatic N) is 3. The fourth-order valence-electron chi connectivity index (χ4n) is 4.52. The van der Waals surface area contributed by atoms with Gasteiger partial charge in [-0.2, -0.15) is 0 Å². The normalized spacial score (nSPS) is 17.7. The Kier molecular flexibility index (Phi) is 11.6. The maximum atomic E-state index is 12.6. The molecule has 1 aliphatic heterocycles. The van der Waals surface area contributed by atoms with Crippen LogP contribution in [0.4, 0.5) is 0 Å². The second-order valence-corrected chi connectivity index (χ2v) is 8.63. The van der Waals surface area contributed by atoms with Crippen molar-refractivity contribution < 1.29 is 9.53 Å². The van der Waals surface area contributed by atoms with E-state index in [0.29, 0.717) is 11.8 Å². The molecule has 0 unspecified atom stereocenters. The monoisotopic (exact) mass is 557 g/mol. The molecule has 7 nitrogen and oxygen atoms in total. The number of guanidine groups is 1. The molecule has 180 valence electrons. The van der Waals surface area contributed by atoms with E-state index in [4.69, 9.17) is 4.74 Å². The van der Waals surface area contributed by atoms with Gasteiger partial charge in [0.1, 0.15) is 5.75 Å². The number of carbonyl (C=O) groups excluding carboxylic acids is 1. The highest BCUT2D eigenvalue weighted by Gasteiger charge is 2.29. The van der Waals surface area contributed by atoms with Crippen LogP contribution in [0, 0.1) is 12.8 Å². The number of piperazine rings is 1. The van der Waals surface area contributed by atoms with Crippen molar-refractivity contribution in [1.29, 1.82) is 0 Å². The Morgan fingerprint density at radius 3 is 2.47 bits per heavy atom. The van der Waals surface area contributed by atoms with Gasteiger partial charge < -0.3 is 20.3 Å². The molecule has 1 saturated heterocycles. The molecule has 0 aromatic heterocycles. The highest BCUT2D eigenvalue weighted by Crippen LogP contribution is 2.26. The van der Waals surface area contributed by atoms with Gasteiger partial charge in [-0.25, -0.2) is 0 Å². The summed E-state index contributed by atoms with van der Waals surface area (Å²) >= 11 is 0. The lowest BCUT2D eigenvalue weighted by molar-refractivity contribution is -0.137. The highest BCUT2D eigenvalue weighted by molar-refractivity contribution is 14.0. The quantitative estimate of drug-likeness (QED) is 0.292. The first-order valence-electron chi connectivity index (χ1n) is 11.7. The van der Waals surface area contributed by atoms with Gasteiger partial charge in [-0.1, -0.05) is 25.0 Å². The summed E-state index contributed by atoms with van der Waals surface area (Å²) < 4.78 is 5.41. The third kappa shape index (κ3) is 7.79. The highest BCUT2D eigenvalue weighted by atomic mass is 127. The maximum absolute atomic E-state index is 12.6. The van der Waals surface area contributed by atoms with Crippen LogP contribution < -0.4 is 15.4 Å². The molecule has 2 fully saturated rings. The average molecular weight is 558 g/mol. The Bertz CT molecular complexity index is 744. The molecule has 0 atom stereocenters. The summed E-state index contributed by atoms with van der Waals surface area (Å²) in [6.45, 7) is 8.32. The number of benzene rings is 1. The van der Waals surface area contributed by atoms with Crippen LogP contribution >= 0.6 is 24.0 Å². The molecule has 2 N–H and O–H groups in total. The number of aliphatic imine (C=N–C) groups is 1. The van der Waals surface area contributed by atoms with Gasteiger partial charge in [-0.15, -0.1) is 24.0 Å². The predicted octanol–water partition coefficient (Wildman–Crippen LogP) is 2.66. The van der Waals surface area contributed by atoms with Crippen LogP contribution in [0.2, 0.25) is 0 Å². The Labute approximate surface area is 210 Å². The molecule has 1 aromatic rings. The van der Waals surface area contributed by atoms with Gasteiger partial charge in [-0.3, -0.25) is 14.7 Å². The first-order valence-corrected chi connectivity index (χ1v) is 11.7. The topological polar surface area (TPSA) is 69.2 Å². The molecule has 1 aromatic carbocycles. The smallest absolute Gasteiger partial charge is 0.225 e. The lowest BCUT2D eigenvalue weighted by Crippen LogP contribution is -2.52. The first-order chi connectivity index (χ1) is 15.1. The van der Waals surface area contributed by atoms with Gasteiger partial charge in [0.2, 0.25) is 5.91 Å². The molecule has 1 aliphatic carbocycles. The predicted molar refractivity (Wildman–Crippen MR) is 141 cm³/mol. The van der Waals surface area contributed by atoms with E-state index in [9.17, 15) is 4.79 Å². The van der Waals surface area contributed by atoms with Crippen LogP contribution in [0.5, 0.6) is 5.75 Å². The summed E-state index contributed by atoms with van der Waals surface area (Å²) in [5.74, 6) is 2.45. The molecular formula is C24H40IN5O2. The average Bonchev–Trinajstić information content (AvgIpc) is 3.34. The van der Waals surface area contributed by atoms with Crippen molar-refractivity contribution in [3.8, 4) is 5.75 Å². The number of carbonyl (C=O) groups is 1. The molecular weight excluding hydrogens is 517 g/mol. The van der Waals surface area contributed by atoms with Crippen LogP contribution in [0.25, 0.3) is 0 Å². The van der Waals surface area contributed by atoms with Crippen molar-refractivity contribution in [3.63, 3.8) is 0 Å². The van der Waals surface area contributed by atoms with Gasteiger partial charge >= 0.3 is 0 Å². The van der Waals surface area contributed by atoms with Crippen molar-refractivity contribution in [2.24, 2.45) is 10.9 Å². The number of ether oxygens (including phenoxy) is 1. The van der Waals surface area contributed by atoms with E-state index >= 15 is 0 Å². The SMILES string of the molecule is CN=C(NCCc1ccc(C)c(OC)c1)NCCN1CCN(C(=O)C2CCCC2)CC1.I. The van der Waals surface area contributed by atoms with Gasteiger partial charge in [0.15, 0.2) is 5.96 Å². The molecule has 1 saturated carbocycles. The van der Waals surface area contributed by atoms with Crippen LogP contribution in [-0.2, 0) is 11.2 Å². The second kappa shape index (κ2) is 13.9. The molecule has 8 heteroatoms. The van der Waals surface area contributed by atoms with E-state index in [1.165, 1.54) is 18.4 Å². The molecule has 0 spiro atoms. The number of hydrogen-bond acceptors (Lipinski definition) is 4. The molecule has 0 bridgehead atoms. The van der Waals surface area contributed by atoms with Crippen LogP contribution in [0.3, 0.4) is 0 Å². The van der Waals surface area contributed by atoms with E-state index < -0.39 is 0 Å². The molecule has 3 rings (SSSR count). The Hall–Kier alpha value is -1.55. The third-order valence-electron chi connectivity index (χ3n) is 6.51. The number of halogens is 1. The van der Waals surface area contributed by atoms with Crippen LogP contribution in [0.15, 0.2) is 23.2 Å². The Morgan fingerprint density at radius 2 is 1.81 bits per heavy atom. The van der Waals surface area contributed by atoms with Crippen molar-refractivity contribution >= 4 is 35.8 Å². The van der Waals surface area contributed by atoms with Crippen molar-refractivity contribution in [3.05, 3.63) is 29.3 Å². The van der Waals surface area contributed by atoms with E-state index in [-0.39, 0.29) is 24.0 Å². The second-order valence-electron chi connectivity index (χ2n) is 8.63. The summed E-state index contributed by atoms with van der Waals surface area (Å²) in [5, 5.41) is 6.79. The van der Waals surface area contributed by atoms with E-state index in [0.717, 1.165) is 82.3 Å². The largest absolute Gasteiger partial charge is 0.496 e. The van der Waals surface area contributed by atoms with Crippen molar-refractivity contribution in [1.82, 2.24) is 20.4 Å². The third-order valence-corrected chi connectivity index (χ3v) is 6.51. The fourth-order valence-corrected chi connectivity index (χ4v) is 4.52. The number of rotatable bonds is 8. The van der Waals surface area contributed by atoms with E-state index in [1.807, 2.05) is 0 Å². The van der Waals surface area contributed by atoms with E-state index in [2.05, 4.69) is 50.5 Å². The zero-order chi connectivity index (χ0) is 22.1. The number of methoxy groups -OCH3 is 1. The number of hydrogen-bond donors (Lipinski definition) is 2. The van der Waals surface area contributed by atoms with E-state index in [1.54, 1.807) is 14.2 Å². The molecule has 1 amide bonds. The maximum Gasteiger partial charge on any atom is 0.225 e. The summed E-state index contributed by atoms with van der Waals surface area (Å²) in [6.07, 6.45) is 5.53. The summed E-state index contributed by atoms with van der Waals surface area (Å²) in [4.78, 5) is 21.4. The molecule has 32 heavy (non-hydrogen) atoms. The number of aryl methyl sites for hydroxylation is 1. The van der Waals surface area contributed by atoms with Crippen LogP contribution in [0.1, 0.15) is 36.8 Å². The summed E-state index contributed by atoms with van der Waals surface area (Å²) in [5.41, 5.74) is 2.40. The van der Waals surface area contributed by atoms with Gasteiger partial charge in [-0.05, 0) is 43.4 Å². The lowest BCUT2D eigenvalue weighted by atomic mass is 10.1. The lowest BCUT2D eigenvalue weighted by Gasteiger charge is -2.36. The molecule has 1 heterocycles. The minimum Gasteiger partial charge on any atom is -0.496 e. The minimum atomic E-state index is 0. The first kappa shape index (κ1) is 26.7. The zero-order valence-corrected chi connectivity index (χ0v) is 22.2. The number of amides is 1.